The van der Waals surface area contributed by atoms with Crippen LogP contribution in [0.15, 0.2) is 18.2 Å². The van der Waals surface area contributed by atoms with Crippen molar-refractivity contribution < 1.29 is 19.4 Å². The van der Waals surface area contributed by atoms with E-state index in [4.69, 9.17) is 27.9 Å². The Bertz CT molecular complexity index is 622. The number of nitrogens with zero attached hydrogens (tertiary/aromatic N) is 1. The van der Waals surface area contributed by atoms with Gasteiger partial charge < -0.3 is 14.7 Å². The topological polar surface area (TPSA) is 66.8 Å². The summed E-state index contributed by atoms with van der Waals surface area (Å²) >= 11 is 11.9. The molecule has 1 heterocycles. The van der Waals surface area contributed by atoms with Gasteiger partial charge in [0, 0.05) is 12.5 Å². The number of carboxylic acid groups (broad SMARTS) is 1. The molecule has 2 aliphatic rings. The minimum atomic E-state index is -1.03. The van der Waals surface area contributed by atoms with E-state index in [-0.39, 0.29) is 24.3 Å². The van der Waals surface area contributed by atoms with E-state index in [0.717, 1.165) is 5.56 Å². The van der Waals surface area contributed by atoms with E-state index < -0.39 is 12.0 Å². The molecule has 5 nitrogen and oxygen atoms in total. The fourth-order valence-electron chi connectivity index (χ4n) is 2.86. The maximum absolute atomic E-state index is 12.6. The van der Waals surface area contributed by atoms with Crippen LogP contribution in [0.25, 0.3) is 0 Å². The van der Waals surface area contributed by atoms with Gasteiger partial charge >= 0.3 is 5.97 Å². The lowest BCUT2D eigenvalue weighted by atomic mass is 10.1. The van der Waals surface area contributed by atoms with E-state index in [9.17, 15) is 14.7 Å². The molecular weight excluding hydrogens is 329 g/mol. The average molecular weight is 344 g/mol. The number of benzene rings is 1. The number of hydrogen-bond donors (Lipinski definition) is 1. The summed E-state index contributed by atoms with van der Waals surface area (Å²) in [5.41, 5.74) is 0.966. The number of ether oxygens (including phenoxy) is 1. The van der Waals surface area contributed by atoms with Gasteiger partial charge in [-0.05, 0) is 30.0 Å². The smallest absolute Gasteiger partial charge is 0.328 e. The number of aliphatic carboxylic acids is 1. The molecule has 1 aromatic rings. The Balaban J connectivity index is 1.71. The zero-order chi connectivity index (χ0) is 15.9. The molecule has 0 spiro atoms. The van der Waals surface area contributed by atoms with Crippen LogP contribution in [-0.2, 0) is 14.3 Å². The molecule has 22 heavy (non-hydrogen) atoms. The monoisotopic (exact) mass is 343 g/mol. The maximum atomic E-state index is 12.6. The Morgan fingerprint density at radius 1 is 1.27 bits per heavy atom. The Labute approximate surface area is 137 Å². The Hall–Kier alpha value is -1.30. The van der Waals surface area contributed by atoms with Crippen molar-refractivity contribution in [1.29, 1.82) is 0 Å². The number of carbonyl (C=O) groups excluding carboxylic acids is 1. The van der Waals surface area contributed by atoms with Gasteiger partial charge in [0.05, 0.1) is 23.3 Å². The molecule has 1 amide bonds. The number of carbonyl (C=O) groups is 2. The van der Waals surface area contributed by atoms with Gasteiger partial charge in [0.15, 0.2) is 6.04 Å². The Morgan fingerprint density at radius 3 is 2.73 bits per heavy atom. The quantitative estimate of drug-likeness (QED) is 0.915. The first-order valence-electron chi connectivity index (χ1n) is 7.05. The van der Waals surface area contributed by atoms with Crippen LogP contribution in [-0.4, -0.2) is 47.7 Å². The van der Waals surface area contributed by atoms with E-state index >= 15 is 0 Å². The minimum absolute atomic E-state index is 0.0469. The van der Waals surface area contributed by atoms with Crippen molar-refractivity contribution in [2.75, 3.05) is 19.8 Å². The van der Waals surface area contributed by atoms with Gasteiger partial charge in [-0.15, -0.1) is 0 Å². The van der Waals surface area contributed by atoms with E-state index in [1.165, 1.54) is 4.90 Å². The molecule has 3 atom stereocenters. The lowest BCUT2D eigenvalue weighted by Gasteiger charge is -2.33. The maximum Gasteiger partial charge on any atom is 0.328 e. The highest BCUT2D eigenvalue weighted by Crippen LogP contribution is 2.49. The molecule has 0 unspecified atom stereocenters. The summed E-state index contributed by atoms with van der Waals surface area (Å²) in [5.74, 6) is -1.25. The molecule has 1 saturated heterocycles. The standard InChI is InChI=1S/C15H15Cl2NO4/c16-11-2-1-8(5-12(11)17)9-6-10(9)14(19)18-3-4-22-7-13(18)15(20)21/h1-2,5,9-10,13H,3-4,6-7H2,(H,20,21)/t9-,10-,13-/m0/s1. The van der Waals surface area contributed by atoms with Crippen LogP contribution in [0.4, 0.5) is 0 Å². The van der Waals surface area contributed by atoms with E-state index in [1.807, 2.05) is 6.07 Å². The SMILES string of the molecule is O=C(O)[C@@H]1COCCN1C(=O)[C@H]1C[C@H]1c1ccc(Cl)c(Cl)c1. The fourth-order valence-corrected chi connectivity index (χ4v) is 3.17. The summed E-state index contributed by atoms with van der Waals surface area (Å²) in [4.78, 5) is 25.2. The van der Waals surface area contributed by atoms with Crippen molar-refractivity contribution in [3.8, 4) is 0 Å². The molecule has 1 saturated carbocycles. The van der Waals surface area contributed by atoms with Gasteiger partial charge in [0.25, 0.3) is 0 Å². The molecule has 1 aromatic carbocycles. The second-order valence-corrected chi connectivity index (χ2v) is 6.40. The van der Waals surface area contributed by atoms with Crippen LogP contribution in [0.1, 0.15) is 17.9 Å². The van der Waals surface area contributed by atoms with Crippen molar-refractivity contribution in [1.82, 2.24) is 4.90 Å². The van der Waals surface area contributed by atoms with Crippen molar-refractivity contribution in [2.24, 2.45) is 5.92 Å². The summed E-state index contributed by atoms with van der Waals surface area (Å²) in [5, 5.41) is 10.1. The molecule has 1 aliphatic carbocycles. The molecule has 1 aliphatic heterocycles. The third-order valence-corrected chi connectivity index (χ3v) is 4.92. The third-order valence-electron chi connectivity index (χ3n) is 4.18. The first-order valence-corrected chi connectivity index (χ1v) is 7.80. The molecule has 0 bridgehead atoms. The lowest BCUT2D eigenvalue weighted by molar-refractivity contribution is -0.158. The number of rotatable bonds is 3. The van der Waals surface area contributed by atoms with Crippen LogP contribution in [0.5, 0.6) is 0 Å². The third kappa shape index (κ3) is 2.93. The van der Waals surface area contributed by atoms with Crippen molar-refractivity contribution in [3.63, 3.8) is 0 Å². The summed E-state index contributed by atoms with van der Waals surface area (Å²) in [7, 11) is 0. The lowest BCUT2D eigenvalue weighted by Crippen LogP contribution is -2.53. The molecule has 1 N–H and O–H groups in total. The normalized spacial score (nSPS) is 27.5. The predicted molar refractivity (Wildman–Crippen MR) is 81.3 cm³/mol. The first-order chi connectivity index (χ1) is 10.5. The summed E-state index contributed by atoms with van der Waals surface area (Å²) < 4.78 is 5.16. The van der Waals surface area contributed by atoms with Crippen LogP contribution in [0.2, 0.25) is 10.0 Å². The number of carboxylic acids is 1. The molecule has 7 heteroatoms. The highest BCUT2D eigenvalue weighted by Gasteiger charge is 2.48. The van der Waals surface area contributed by atoms with Crippen LogP contribution >= 0.6 is 23.2 Å². The Morgan fingerprint density at radius 2 is 2.05 bits per heavy atom. The largest absolute Gasteiger partial charge is 0.480 e. The van der Waals surface area contributed by atoms with E-state index in [1.54, 1.807) is 12.1 Å². The van der Waals surface area contributed by atoms with Crippen molar-refractivity contribution in [3.05, 3.63) is 33.8 Å². The van der Waals surface area contributed by atoms with Crippen molar-refractivity contribution in [2.45, 2.75) is 18.4 Å². The van der Waals surface area contributed by atoms with Gasteiger partial charge in [-0.25, -0.2) is 4.79 Å². The average Bonchev–Trinajstić information content (AvgIpc) is 3.30. The van der Waals surface area contributed by atoms with Gasteiger partial charge in [0.2, 0.25) is 5.91 Å². The fraction of sp³-hybridized carbons (Fsp3) is 0.467. The zero-order valence-electron chi connectivity index (χ0n) is 11.7. The van der Waals surface area contributed by atoms with Gasteiger partial charge in [0.1, 0.15) is 0 Å². The summed E-state index contributed by atoms with van der Waals surface area (Å²) in [6.45, 7) is 0.741. The molecule has 0 radical (unpaired) electrons. The highest BCUT2D eigenvalue weighted by atomic mass is 35.5. The van der Waals surface area contributed by atoms with Gasteiger partial charge in [-0.1, -0.05) is 29.3 Å². The molecule has 2 fully saturated rings. The Kier molecular flexibility index (Phi) is 4.30. The van der Waals surface area contributed by atoms with Crippen LogP contribution < -0.4 is 0 Å². The van der Waals surface area contributed by atoms with Crippen LogP contribution in [0, 0.1) is 5.92 Å². The highest BCUT2D eigenvalue weighted by molar-refractivity contribution is 6.42. The second-order valence-electron chi connectivity index (χ2n) is 5.58. The number of hydrogen-bond acceptors (Lipinski definition) is 3. The van der Waals surface area contributed by atoms with Gasteiger partial charge in [-0.2, -0.15) is 0 Å². The zero-order valence-corrected chi connectivity index (χ0v) is 13.2. The second kappa shape index (κ2) is 6.07. The summed E-state index contributed by atoms with van der Waals surface area (Å²) in [6, 6.07) is 4.46. The molecule has 0 aromatic heterocycles. The van der Waals surface area contributed by atoms with Crippen LogP contribution in [0.3, 0.4) is 0 Å². The molecular formula is C15H15Cl2NO4. The summed E-state index contributed by atoms with van der Waals surface area (Å²) in [6.07, 6.45) is 0.709. The van der Waals surface area contributed by atoms with E-state index in [0.29, 0.717) is 29.6 Å². The number of halogens is 2. The molecule has 118 valence electrons. The first kappa shape index (κ1) is 15.6. The predicted octanol–water partition coefficient (Wildman–Crippen LogP) is 2.41. The van der Waals surface area contributed by atoms with E-state index in [2.05, 4.69) is 0 Å². The van der Waals surface area contributed by atoms with Crippen molar-refractivity contribution >= 4 is 35.1 Å². The minimum Gasteiger partial charge on any atom is -0.480 e. The molecule has 3 rings (SSSR count). The van der Waals surface area contributed by atoms with Gasteiger partial charge in [-0.3, -0.25) is 4.79 Å². The number of amides is 1. The number of morpholine rings is 1.